The molecule has 0 aliphatic carbocycles. The Bertz CT molecular complexity index is 1060. The number of halogens is 2. The van der Waals surface area contributed by atoms with Gasteiger partial charge in [0.1, 0.15) is 12.2 Å². The van der Waals surface area contributed by atoms with E-state index in [0.717, 1.165) is 24.2 Å². The van der Waals surface area contributed by atoms with E-state index >= 15 is 0 Å². The molecule has 9 heteroatoms. The van der Waals surface area contributed by atoms with Crippen molar-refractivity contribution in [3.63, 3.8) is 0 Å². The second-order valence-corrected chi connectivity index (χ2v) is 7.82. The van der Waals surface area contributed by atoms with Crippen LogP contribution in [-0.4, -0.2) is 65.2 Å². The van der Waals surface area contributed by atoms with E-state index in [2.05, 4.69) is 10.00 Å². The van der Waals surface area contributed by atoms with Crippen LogP contribution in [0, 0.1) is 0 Å². The first-order valence-electron chi connectivity index (χ1n) is 9.83. The number of benzene rings is 2. The lowest BCUT2D eigenvalue weighted by Gasteiger charge is -2.26. The Balaban J connectivity index is 1.55. The zero-order valence-electron chi connectivity index (χ0n) is 16.6. The van der Waals surface area contributed by atoms with Crippen molar-refractivity contribution in [1.29, 1.82) is 0 Å². The van der Waals surface area contributed by atoms with E-state index in [4.69, 9.17) is 32.7 Å². The SMILES string of the molecule is O=C(O)c1cnn(-c2ccc(-c3cccc(Cl)c3Cl)cc2)c1OCCN1CCOCC1. The quantitative estimate of drug-likeness (QED) is 0.566. The molecule has 1 fully saturated rings. The molecule has 4 rings (SSSR count). The Kier molecular flexibility index (Phi) is 6.77. The van der Waals surface area contributed by atoms with Crippen molar-refractivity contribution < 1.29 is 19.4 Å². The summed E-state index contributed by atoms with van der Waals surface area (Å²) in [5, 5.41) is 14.7. The molecule has 0 spiro atoms. The molecule has 162 valence electrons. The highest BCUT2D eigenvalue weighted by atomic mass is 35.5. The average molecular weight is 462 g/mol. The van der Waals surface area contributed by atoms with E-state index < -0.39 is 5.97 Å². The zero-order valence-corrected chi connectivity index (χ0v) is 18.1. The summed E-state index contributed by atoms with van der Waals surface area (Å²) >= 11 is 12.4. The number of carboxylic acids is 1. The van der Waals surface area contributed by atoms with Gasteiger partial charge in [-0.05, 0) is 23.8 Å². The van der Waals surface area contributed by atoms with Gasteiger partial charge in [0.05, 0.1) is 35.1 Å². The maximum Gasteiger partial charge on any atom is 0.342 e. The van der Waals surface area contributed by atoms with Crippen LogP contribution in [0.3, 0.4) is 0 Å². The minimum absolute atomic E-state index is 0.0175. The monoisotopic (exact) mass is 461 g/mol. The smallest absolute Gasteiger partial charge is 0.342 e. The van der Waals surface area contributed by atoms with Crippen LogP contribution in [-0.2, 0) is 4.74 Å². The summed E-state index contributed by atoms with van der Waals surface area (Å²) in [5.74, 6) is -0.885. The molecular weight excluding hydrogens is 441 g/mol. The molecule has 0 amide bonds. The van der Waals surface area contributed by atoms with Gasteiger partial charge >= 0.3 is 5.97 Å². The summed E-state index contributed by atoms with van der Waals surface area (Å²) in [6, 6.07) is 12.9. The van der Waals surface area contributed by atoms with E-state index in [0.29, 0.717) is 42.1 Å². The van der Waals surface area contributed by atoms with Gasteiger partial charge in [-0.25, -0.2) is 9.48 Å². The molecule has 2 heterocycles. The Morgan fingerprint density at radius 1 is 1.13 bits per heavy atom. The number of aromatic nitrogens is 2. The Labute approximate surface area is 189 Å². The van der Waals surface area contributed by atoms with E-state index in [1.165, 1.54) is 10.9 Å². The largest absolute Gasteiger partial charge is 0.477 e. The highest BCUT2D eigenvalue weighted by molar-refractivity contribution is 6.43. The van der Waals surface area contributed by atoms with Gasteiger partial charge in [-0.3, -0.25) is 4.90 Å². The number of morpholine rings is 1. The van der Waals surface area contributed by atoms with E-state index in [9.17, 15) is 9.90 Å². The number of aromatic carboxylic acids is 1. The molecule has 1 N–H and O–H groups in total. The minimum atomic E-state index is -1.09. The van der Waals surface area contributed by atoms with Gasteiger partial charge in [0.25, 0.3) is 0 Å². The van der Waals surface area contributed by atoms with Crippen LogP contribution in [0.2, 0.25) is 10.0 Å². The molecule has 1 aliphatic rings. The first-order chi connectivity index (χ1) is 15.0. The van der Waals surface area contributed by atoms with Crippen LogP contribution < -0.4 is 4.74 Å². The summed E-state index contributed by atoms with van der Waals surface area (Å²) in [6.45, 7) is 4.09. The van der Waals surface area contributed by atoms with Crippen LogP contribution in [0.15, 0.2) is 48.7 Å². The third-order valence-corrected chi connectivity index (χ3v) is 5.90. The minimum Gasteiger partial charge on any atom is -0.477 e. The van der Waals surface area contributed by atoms with Crippen LogP contribution in [0.25, 0.3) is 16.8 Å². The van der Waals surface area contributed by atoms with Crippen molar-refractivity contribution in [2.45, 2.75) is 0 Å². The lowest BCUT2D eigenvalue weighted by Crippen LogP contribution is -2.38. The molecule has 0 unspecified atom stereocenters. The lowest BCUT2D eigenvalue weighted by atomic mass is 10.1. The second-order valence-electron chi connectivity index (χ2n) is 7.03. The first kappa shape index (κ1) is 21.6. The summed E-state index contributed by atoms with van der Waals surface area (Å²) in [4.78, 5) is 13.9. The van der Waals surface area contributed by atoms with Crippen LogP contribution in [0.4, 0.5) is 0 Å². The van der Waals surface area contributed by atoms with E-state index in [1.807, 2.05) is 36.4 Å². The number of ether oxygens (including phenoxy) is 2. The van der Waals surface area contributed by atoms with Crippen molar-refractivity contribution in [3.05, 3.63) is 64.3 Å². The molecule has 1 aliphatic heterocycles. The number of hydrogen-bond donors (Lipinski definition) is 1. The topological polar surface area (TPSA) is 76.8 Å². The zero-order chi connectivity index (χ0) is 21.8. The summed E-state index contributed by atoms with van der Waals surface area (Å²) in [7, 11) is 0. The predicted octanol–water partition coefficient (Wildman–Crippen LogP) is 4.26. The van der Waals surface area contributed by atoms with E-state index in [-0.39, 0.29) is 11.4 Å². The molecule has 31 heavy (non-hydrogen) atoms. The maximum atomic E-state index is 11.7. The van der Waals surface area contributed by atoms with Gasteiger partial charge < -0.3 is 14.6 Å². The number of rotatable bonds is 7. The van der Waals surface area contributed by atoms with Crippen molar-refractivity contribution in [1.82, 2.24) is 14.7 Å². The highest BCUT2D eigenvalue weighted by Gasteiger charge is 2.20. The normalized spacial score (nSPS) is 14.5. The van der Waals surface area contributed by atoms with Crippen LogP contribution in [0.5, 0.6) is 5.88 Å². The summed E-state index contributed by atoms with van der Waals surface area (Å²) < 4.78 is 12.7. The van der Waals surface area contributed by atoms with Crippen molar-refractivity contribution in [3.8, 4) is 22.7 Å². The van der Waals surface area contributed by atoms with Gasteiger partial charge in [-0.1, -0.05) is 47.5 Å². The van der Waals surface area contributed by atoms with Gasteiger partial charge in [-0.15, -0.1) is 0 Å². The number of carboxylic acid groups (broad SMARTS) is 1. The van der Waals surface area contributed by atoms with Crippen LogP contribution >= 0.6 is 23.2 Å². The molecule has 1 aromatic heterocycles. The standard InChI is InChI=1S/C22H21Cl2N3O4/c23-19-3-1-2-17(20(19)24)15-4-6-16(7-5-15)27-21(18(14-25-27)22(28)29)31-13-10-26-8-11-30-12-9-26/h1-7,14H,8-13H2,(H,28,29). The van der Waals surface area contributed by atoms with Crippen molar-refractivity contribution in [2.75, 3.05) is 39.5 Å². The van der Waals surface area contributed by atoms with E-state index in [1.54, 1.807) is 6.07 Å². The fourth-order valence-electron chi connectivity index (χ4n) is 3.41. The van der Waals surface area contributed by atoms with Gasteiger partial charge in [0.2, 0.25) is 5.88 Å². The fourth-order valence-corrected chi connectivity index (χ4v) is 3.82. The van der Waals surface area contributed by atoms with Crippen molar-refractivity contribution >= 4 is 29.2 Å². The van der Waals surface area contributed by atoms with Gasteiger partial charge in [-0.2, -0.15) is 5.10 Å². The second kappa shape index (κ2) is 9.70. The van der Waals surface area contributed by atoms with Gasteiger partial charge in [0, 0.05) is 25.2 Å². The fraction of sp³-hybridized carbons (Fsp3) is 0.273. The molecule has 2 aromatic carbocycles. The predicted molar refractivity (Wildman–Crippen MR) is 119 cm³/mol. The highest BCUT2D eigenvalue weighted by Crippen LogP contribution is 2.34. The molecule has 0 bridgehead atoms. The Morgan fingerprint density at radius 3 is 2.58 bits per heavy atom. The number of hydrogen-bond acceptors (Lipinski definition) is 5. The number of nitrogens with zero attached hydrogens (tertiary/aromatic N) is 3. The molecule has 7 nitrogen and oxygen atoms in total. The van der Waals surface area contributed by atoms with Crippen LogP contribution in [0.1, 0.15) is 10.4 Å². The summed E-state index contributed by atoms with van der Waals surface area (Å²) in [6.07, 6.45) is 1.30. The molecule has 0 atom stereocenters. The lowest BCUT2D eigenvalue weighted by molar-refractivity contribution is 0.0317. The molecule has 0 radical (unpaired) electrons. The molecule has 3 aromatic rings. The summed E-state index contributed by atoms with van der Waals surface area (Å²) in [5.41, 5.74) is 2.39. The average Bonchev–Trinajstić information content (AvgIpc) is 3.21. The third-order valence-electron chi connectivity index (χ3n) is 5.08. The van der Waals surface area contributed by atoms with Crippen molar-refractivity contribution in [2.24, 2.45) is 0 Å². The Morgan fingerprint density at radius 2 is 1.87 bits per heavy atom. The maximum absolute atomic E-state index is 11.7. The molecule has 0 saturated carbocycles. The molecule has 1 saturated heterocycles. The Hall–Kier alpha value is -2.58. The first-order valence-corrected chi connectivity index (χ1v) is 10.6. The van der Waals surface area contributed by atoms with Gasteiger partial charge in [0.15, 0.2) is 0 Å². The molecular formula is C22H21Cl2N3O4. The third kappa shape index (κ3) is 4.85. The number of carbonyl (C=O) groups is 1.